The molecule has 0 aliphatic heterocycles. The van der Waals surface area contributed by atoms with Crippen molar-refractivity contribution < 1.29 is 14.6 Å². The summed E-state index contributed by atoms with van der Waals surface area (Å²) >= 11 is 0. The summed E-state index contributed by atoms with van der Waals surface area (Å²) in [5.41, 5.74) is 0.742. The summed E-state index contributed by atoms with van der Waals surface area (Å²) in [7, 11) is 0. The first-order chi connectivity index (χ1) is 10.6. The number of hydrogen-bond donors (Lipinski definition) is 2. The fourth-order valence-electron chi connectivity index (χ4n) is 2.07. The summed E-state index contributed by atoms with van der Waals surface area (Å²) in [5.74, 6) is 0.577. The molecule has 2 atom stereocenters. The molecular weight excluding hydrogens is 278 g/mol. The third-order valence-electron chi connectivity index (χ3n) is 3.23. The van der Waals surface area contributed by atoms with Gasteiger partial charge in [0.15, 0.2) is 0 Å². The molecule has 0 saturated heterocycles. The van der Waals surface area contributed by atoms with E-state index in [0.29, 0.717) is 6.54 Å². The molecule has 4 nitrogen and oxygen atoms in total. The van der Waals surface area contributed by atoms with Gasteiger partial charge >= 0.3 is 0 Å². The van der Waals surface area contributed by atoms with Crippen molar-refractivity contribution >= 4 is 5.91 Å². The van der Waals surface area contributed by atoms with E-state index in [9.17, 15) is 9.90 Å². The SMILES string of the molecule is CC(CNC(=O)CC(O)c1ccccc1)Oc1ccccc1. The minimum atomic E-state index is -0.786. The van der Waals surface area contributed by atoms with E-state index >= 15 is 0 Å². The van der Waals surface area contributed by atoms with Crippen LogP contribution in [-0.2, 0) is 4.79 Å². The van der Waals surface area contributed by atoms with Crippen LogP contribution in [0, 0.1) is 0 Å². The second-order valence-electron chi connectivity index (χ2n) is 5.18. The van der Waals surface area contributed by atoms with E-state index in [-0.39, 0.29) is 18.4 Å². The van der Waals surface area contributed by atoms with Crippen LogP contribution >= 0.6 is 0 Å². The monoisotopic (exact) mass is 299 g/mol. The lowest BCUT2D eigenvalue weighted by Crippen LogP contribution is -2.34. The van der Waals surface area contributed by atoms with Crippen molar-refractivity contribution in [2.24, 2.45) is 0 Å². The molecule has 0 radical (unpaired) electrons. The van der Waals surface area contributed by atoms with Gasteiger partial charge in [-0.15, -0.1) is 0 Å². The largest absolute Gasteiger partial charge is 0.489 e. The average Bonchev–Trinajstić information content (AvgIpc) is 2.55. The van der Waals surface area contributed by atoms with Gasteiger partial charge < -0.3 is 15.2 Å². The molecule has 4 heteroatoms. The molecule has 0 heterocycles. The zero-order valence-corrected chi connectivity index (χ0v) is 12.6. The summed E-state index contributed by atoms with van der Waals surface area (Å²) in [4.78, 5) is 11.9. The van der Waals surface area contributed by atoms with Crippen molar-refractivity contribution in [2.45, 2.75) is 25.6 Å². The number of amides is 1. The van der Waals surface area contributed by atoms with Crippen molar-refractivity contribution in [2.75, 3.05) is 6.54 Å². The third kappa shape index (κ3) is 5.22. The Morgan fingerprint density at radius 1 is 1.09 bits per heavy atom. The molecule has 2 aromatic rings. The van der Waals surface area contributed by atoms with Gasteiger partial charge in [-0.25, -0.2) is 0 Å². The van der Waals surface area contributed by atoms with Crippen LogP contribution in [0.5, 0.6) is 5.75 Å². The van der Waals surface area contributed by atoms with Crippen molar-refractivity contribution in [1.29, 1.82) is 0 Å². The van der Waals surface area contributed by atoms with Crippen LogP contribution in [0.15, 0.2) is 60.7 Å². The van der Waals surface area contributed by atoms with E-state index in [4.69, 9.17) is 4.74 Å². The topological polar surface area (TPSA) is 58.6 Å². The molecule has 1 amide bonds. The minimum Gasteiger partial charge on any atom is -0.489 e. The van der Waals surface area contributed by atoms with Crippen molar-refractivity contribution in [3.63, 3.8) is 0 Å². The van der Waals surface area contributed by atoms with Gasteiger partial charge in [-0.3, -0.25) is 4.79 Å². The van der Waals surface area contributed by atoms with Crippen LogP contribution in [0.3, 0.4) is 0 Å². The van der Waals surface area contributed by atoms with E-state index in [2.05, 4.69) is 5.32 Å². The number of aliphatic hydroxyl groups is 1. The first-order valence-electron chi connectivity index (χ1n) is 7.36. The van der Waals surface area contributed by atoms with Crippen LogP contribution in [0.2, 0.25) is 0 Å². The molecule has 22 heavy (non-hydrogen) atoms. The number of benzene rings is 2. The Kier molecular flexibility index (Phi) is 5.98. The van der Waals surface area contributed by atoms with Gasteiger partial charge in [-0.05, 0) is 24.6 Å². The Hall–Kier alpha value is -2.33. The van der Waals surface area contributed by atoms with Gasteiger partial charge in [-0.2, -0.15) is 0 Å². The Balaban J connectivity index is 1.73. The molecule has 2 aromatic carbocycles. The molecule has 0 aliphatic carbocycles. The van der Waals surface area contributed by atoms with Crippen LogP contribution in [0.1, 0.15) is 25.0 Å². The normalized spacial score (nSPS) is 13.2. The van der Waals surface area contributed by atoms with Crippen LogP contribution in [0.4, 0.5) is 0 Å². The highest BCUT2D eigenvalue weighted by Crippen LogP contribution is 2.15. The molecule has 0 fully saturated rings. The first-order valence-corrected chi connectivity index (χ1v) is 7.36. The molecule has 2 rings (SSSR count). The maximum absolute atomic E-state index is 11.9. The molecule has 0 aromatic heterocycles. The number of rotatable bonds is 7. The van der Waals surface area contributed by atoms with E-state index < -0.39 is 6.10 Å². The quantitative estimate of drug-likeness (QED) is 0.826. The summed E-state index contributed by atoms with van der Waals surface area (Å²) < 4.78 is 5.68. The fourth-order valence-corrected chi connectivity index (χ4v) is 2.07. The van der Waals surface area contributed by atoms with Crippen molar-refractivity contribution in [3.05, 3.63) is 66.2 Å². The lowest BCUT2D eigenvalue weighted by Gasteiger charge is -2.16. The lowest BCUT2D eigenvalue weighted by atomic mass is 10.1. The molecule has 0 aliphatic rings. The molecule has 2 unspecified atom stereocenters. The molecule has 0 spiro atoms. The molecule has 0 bridgehead atoms. The highest BCUT2D eigenvalue weighted by Gasteiger charge is 2.13. The number of nitrogens with one attached hydrogen (secondary N) is 1. The maximum Gasteiger partial charge on any atom is 0.223 e. The summed E-state index contributed by atoms with van der Waals surface area (Å²) in [6.07, 6.45) is -0.881. The lowest BCUT2D eigenvalue weighted by molar-refractivity contribution is -0.123. The standard InChI is InChI=1S/C18H21NO3/c1-14(22-16-10-6-3-7-11-16)13-19-18(21)12-17(20)15-8-4-2-5-9-15/h2-11,14,17,20H,12-13H2,1H3,(H,19,21). The zero-order chi connectivity index (χ0) is 15.8. The van der Waals surface area contributed by atoms with Gasteiger partial charge in [-0.1, -0.05) is 48.5 Å². The van der Waals surface area contributed by atoms with Gasteiger partial charge in [0, 0.05) is 0 Å². The summed E-state index contributed by atoms with van der Waals surface area (Å²) in [6, 6.07) is 18.6. The van der Waals surface area contributed by atoms with Gasteiger partial charge in [0.2, 0.25) is 5.91 Å². The van der Waals surface area contributed by atoms with Crippen LogP contribution < -0.4 is 10.1 Å². The smallest absolute Gasteiger partial charge is 0.223 e. The second kappa shape index (κ2) is 8.20. The maximum atomic E-state index is 11.9. The second-order valence-corrected chi connectivity index (χ2v) is 5.18. The van der Waals surface area contributed by atoms with Crippen LogP contribution in [0.25, 0.3) is 0 Å². The number of carbonyl (C=O) groups excluding carboxylic acids is 1. The van der Waals surface area contributed by atoms with Gasteiger partial charge in [0.05, 0.1) is 19.1 Å². The highest BCUT2D eigenvalue weighted by atomic mass is 16.5. The predicted octanol–water partition coefficient (Wildman–Crippen LogP) is 2.69. The predicted molar refractivity (Wildman–Crippen MR) is 85.6 cm³/mol. The molecule has 2 N–H and O–H groups in total. The number of aliphatic hydroxyl groups excluding tert-OH is 1. The Morgan fingerprint density at radius 2 is 1.68 bits per heavy atom. The first kappa shape index (κ1) is 16.0. The average molecular weight is 299 g/mol. The highest BCUT2D eigenvalue weighted by molar-refractivity contribution is 5.76. The Morgan fingerprint density at radius 3 is 2.32 bits per heavy atom. The van der Waals surface area contributed by atoms with E-state index in [1.807, 2.05) is 55.5 Å². The van der Waals surface area contributed by atoms with Gasteiger partial charge in [0.25, 0.3) is 0 Å². The summed E-state index contributed by atoms with van der Waals surface area (Å²) in [6.45, 7) is 2.29. The Labute approximate surface area is 130 Å². The Bertz CT molecular complexity index is 571. The number of hydrogen-bond acceptors (Lipinski definition) is 3. The summed E-state index contributed by atoms with van der Waals surface area (Å²) in [5, 5.41) is 12.8. The molecule has 116 valence electrons. The molecule has 0 saturated carbocycles. The van der Waals surface area contributed by atoms with E-state index in [0.717, 1.165) is 11.3 Å². The van der Waals surface area contributed by atoms with E-state index in [1.165, 1.54) is 0 Å². The molecular formula is C18H21NO3. The van der Waals surface area contributed by atoms with Crippen molar-refractivity contribution in [3.8, 4) is 5.75 Å². The number of carbonyl (C=O) groups is 1. The minimum absolute atomic E-state index is 0.0437. The third-order valence-corrected chi connectivity index (χ3v) is 3.23. The van der Waals surface area contributed by atoms with E-state index in [1.54, 1.807) is 12.1 Å². The van der Waals surface area contributed by atoms with Crippen LogP contribution in [-0.4, -0.2) is 23.7 Å². The van der Waals surface area contributed by atoms with Crippen molar-refractivity contribution in [1.82, 2.24) is 5.32 Å². The zero-order valence-electron chi connectivity index (χ0n) is 12.6. The number of para-hydroxylation sites is 1. The van der Waals surface area contributed by atoms with Gasteiger partial charge in [0.1, 0.15) is 11.9 Å². The number of ether oxygens (including phenoxy) is 1. The fraction of sp³-hybridized carbons (Fsp3) is 0.278.